The van der Waals surface area contributed by atoms with Crippen molar-refractivity contribution in [2.45, 2.75) is 18.8 Å². The molecular weight excluding hydrogens is 453 g/mol. The first-order chi connectivity index (χ1) is 16.8. The number of carbonyl (C=O) groups is 1. The predicted octanol–water partition coefficient (Wildman–Crippen LogP) is 3.67. The molecule has 9 nitrogen and oxygen atoms in total. The Morgan fingerprint density at radius 3 is 2.66 bits per heavy atom. The lowest BCUT2D eigenvalue weighted by molar-refractivity contribution is 0.101. The molecule has 35 heavy (non-hydrogen) atoms. The van der Waals surface area contributed by atoms with E-state index in [0.717, 1.165) is 16.2 Å². The fourth-order valence-corrected chi connectivity index (χ4v) is 4.07. The van der Waals surface area contributed by atoms with Crippen molar-refractivity contribution in [3.05, 3.63) is 105 Å². The molecule has 176 valence electrons. The maximum atomic E-state index is 13.9. The largest absolute Gasteiger partial charge is 0.501 e. The summed E-state index contributed by atoms with van der Waals surface area (Å²) in [4.78, 5) is 30.0. The van der Waals surface area contributed by atoms with E-state index in [1.807, 2.05) is 36.4 Å². The Hall–Kier alpha value is -4.78. The van der Waals surface area contributed by atoms with Gasteiger partial charge in [0.25, 0.3) is 11.5 Å². The maximum Gasteiger partial charge on any atom is 0.296 e. The van der Waals surface area contributed by atoms with E-state index < -0.39 is 40.6 Å². The highest BCUT2D eigenvalue weighted by Crippen LogP contribution is 2.39. The van der Waals surface area contributed by atoms with Gasteiger partial charge in [-0.15, -0.1) is 0 Å². The van der Waals surface area contributed by atoms with Gasteiger partial charge in [-0.05, 0) is 23.3 Å². The van der Waals surface area contributed by atoms with Gasteiger partial charge in [-0.2, -0.15) is 5.26 Å². The van der Waals surface area contributed by atoms with Gasteiger partial charge in [-0.3, -0.25) is 14.2 Å². The van der Waals surface area contributed by atoms with Crippen LogP contribution in [0, 0.1) is 17.1 Å². The van der Waals surface area contributed by atoms with E-state index in [9.17, 15) is 24.3 Å². The summed E-state index contributed by atoms with van der Waals surface area (Å²) in [6, 6.07) is 15.2. The monoisotopic (exact) mass is 473 g/mol. The van der Waals surface area contributed by atoms with Crippen LogP contribution in [0.4, 0.5) is 10.1 Å². The smallest absolute Gasteiger partial charge is 0.296 e. The van der Waals surface area contributed by atoms with Gasteiger partial charge in [0.2, 0.25) is 5.75 Å². The first kappa shape index (κ1) is 23.4. The Balaban J connectivity index is 1.87. The highest BCUT2D eigenvalue weighted by molar-refractivity contribution is 6.04. The molecule has 10 heteroatoms. The summed E-state index contributed by atoms with van der Waals surface area (Å²) < 4.78 is 19.7. The number of nitrogens with one attached hydrogen (secondary N) is 1. The number of nitrogens with zero attached hydrogens (tertiary/aromatic N) is 4. The molecule has 2 aromatic heterocycles. The van der Waals surface area contributed by atoms with E-state index in [-0.39, 0.29) is 17.1 Å². The van der Waals surface area contributed by atoms with E-state index in [1.165, 1.54) is 31.6 Å². The Morgan fingerprint density at radius 1 is 1.26 bits per heavy atom. The van der Waals surface area contributed by atoms with E-state index in [0.29, 0.717) is 5.56 Å². The van der Waals surface area contributed by atoms with E-state index in [1.54, 1.807) is 6.92 Å². The first-order valence-electron chi connectivity index (χ1n) is 10.6. The van der Waals surface area contributed by atoms with Gasteiger partial charge < -0.3 is 14.9 Å². The Labute approximate surface area is 199 Å². The summed E-state index contributed by atoms with van der Waals surface area (Å²) >= 11 is 0. The van der Waals surface area contributed by atoms with Gasteiger partial charge in [0.05, 0.1) is 17.8 Å². The van der Waals surface area contributed by atoms with Gasteiger partial charge in [0, 0.05) is 18.9 Å². The minimum Gasteiger partial charge on any atom is -0.501 e. The summed E-state index contributed by atoms with van der Waals surface area (Å²) in [5, 5.41) is 26.0. The number of amides is 1. The third kappa shape index (κ3) is 4.52. The highest BCUT2D eigenvalue weighted by atomic mass is 19.1. The number of hydrogen-bond acceptors (Lipinski definition) is 7. The summed E-state index contributed by atoms with van der Waals surface area (Å²) in [7, 11) is 1.43. The zero-order chi connectivity index (χ0) is 25.1. The van der Waals surface area contributed by atoms with Crippen molar-refractivity contribution in [1.82, 2.24) is 14.7 Å². The second kappa shape index (κ2) is 9.61. The molecular formula is C25H20FN5O4. The fraction of sp³-hybridized carbons (Fsp3) is 0.160. The third-order valence-corrected chi connectivity index (χ3v) is 5.74. The van der Waals surface area contributed by atoms with Crippen molar-refractivity contribution in [3.63, 3.8) is 0 Å². The second-order valence-corrected chi connectivity index (χ2v) is 7.92. The number of aromatic hydroxyl groups is 1. The molecule has 4 aromatic rings. The SMILES string of the molecule is C[C@H](c1nc(C(=O)Nc2cnoc2)c(O)c(=O)n1C)[C@@H](c1ccccc1)c1ccc(F)cc1C#N. The number of hydrogen-bond donors (Lipinski definition) is 2. The van der Waals surface area contributed by atoms with Gasteiger partial charge in [0.1, 0.15) is 23.6 Å². The minimum absolute atomic E-state index is 0.139. The molecule has 0 radical (unpaired) electrons. The molecule has 1 amide bonds. The number of carbonyl (C=O) groups excluding carboxylic acids is 1. The molecule has 4 rings (SSSR count). The number of anilines is 1. The first-order valence-corrected chi connectivity index (χ1v) is 10.6. The van der Waals surface area contributed by atoms with E-state index >= 15 is 0 Å². The third-order valence-electron chi connectivity index (χ3n) is 5.74. The molecule has 0 bridgehead atoms. The molecule has 0 aliphatic rings. The average Bonchev–Trinajstić information content (AvgIpc) is 3.37. The molecule has 0 unspecified atom stereocenters. The van der Waals surface area contributed by atoms with Crippen molar-refractivity contribution >= 4 is 11.6 Å². The van der Waals surface area contributed by atoms with Crippen LogP contribution >= 0.6 is 0 Å². The van der Waals surface area contributed by atoms with Crippen molar-refractivity contribution < 1.29 is 18.8 Å². The van der Waals surface area contributed by atoms with Crippen LogP contribution in [0.1, 0.15) is 51.8 Å². The van der Waals surface area contributed by atoms with Crippen molar-refractivity contribution in [2.24, 2.45) is 7.05 Å². The molecule has 0 fully saturated rings. The summed E-state index contributed by atoms with van der Waals surface area (Å²) in [5.41, 5.74) is 0.399. The van der Waals surface area contributed by atoms with Crippen LogP contribution in [0.25, 0.3) is 0 Å². The molecule has 2 aromatic carbocycles. The van der Waals surface area contributed by atoms with Crippen molar-refractivity contribution in [3.8, 4) is 11.8 Å². The van der Waals surface area contributed by atoms with Crippen LogP contribution in [0.3, 0.4) is 0 Å². The van der Waals surface area contributed by atoms with E-state index in [2.05, 4.69) is 20.0 Å². The Morgan fingerprint density at radius 2 is 2.00 bits per heavy atom. The summed E-state index contributed by atoms with van der Waals surface area (Å²) in [5.74, 6) is -3.10. The van der Waals surface area contributed by atoms with Gasteiger partial charge in [-0.1, -0.05) is 48.5 Å². The number of aromatic nitrogens is 3. The topological polar surface area (TPSA) is 134 Å². The van der Waals surface area contributed by atoms with Crippen LogP contribution in [-0.4, -0.2) is 25.7 Å². The number of halogens is 1. The molecule has 0 aliphatic carbocycles. The quantitative estimate of drug-likeness (QED) is 0.436. The normalized spacial score (nSPS) is 12.5. The summed E-state index contributed by atoms with van der Waals surface area (Å²) in [6.45, 7) is 1.78. The zero-order valence-electron chi connectivity index (χ0n) is 18.8. The molecule has 0 saturated heterocycles. The molecule has 0 spiro atoms. The summed E-state index contributed by atoms with van der Waals surface area (Å²) in [6.07, 6.45) is 2.44. The van der Waals surface area contributed by atoms with Crippen molar-refractivity contribution in [2.75, 3.05) is 5.32 Å². The van der Waals surface area contributed by atoms with Crippen LogP contribution < -0.4 is 10.9 Å². The zero-order valence-corrected chi connectivity index (χ0v) is 18.8. The lowest BCUT2D eigenvalue weighted by atomic mass is 9.79. The lowest BCUT2D eigenvalue weighted by Crippen LogP contribution is -2.29. The molecule has 0 aliphatic heterocycles. The van der Waals surface area contributed by atoms with Gasteiger partial charge >= 0.3 is 0 Å². The fourth-order valence-electron chi connectivity index (χ4n) is 4.07. The molecule has 0 saturated carbocycles. The second-order valence-electron chi connectivity index (χ2n) is 7.92. The Bertz CT molecular complexity index is 1480. The standard InChI is InChI=1S/C25H20FN5O4/c1-14(20(15-6-4-3-5-7-15)19-9-8-17(26)10-16(19)11-27)23-30-21(22(32)25(34)31(23)2)24(33)29-18-12-28-35-13-18/h3-10,12-14,20,32H,1-2H3,(H,29,33)/t14-,20-/m0/s1. The molecule has 2 heterocycles. The molecule has 2 atom stereocenters. The average molecular weight is 473 g/mol. The number of rotatable bonds is 6. The van der Waals surface area contributed by atoms with Crippen LogP contribution in [0.2, 0.25) is 0 Å². The number of benzene rings is 2. The maximum absolute atomic E-state index is 13.9. The van der Waals surface area contributed by atoms with Crippen molar-refractivity contribution in [1.29, 1.82) is 5.26 Å². The minimum atomic E-state index is -0.826. The number of nitriles is 1. The lowest BCUT2D eigenvalue weighted by Gasteiger charge is -2.27. The van der Waals surface area contributed by atoms with Crippen LogP contribution in [-0.2, 0) is 7.05 Å². The van der Waals surface area contributed by atoms with Gasteiger partial charge in [-0.25, -0.2) is 9.37 Å². The predicted molar refractivity (Wildman–Crippen MR) is 123 cm³/mol. The highest BCUT2D eigenvalue weighted by Gasteiger charge is 2.30. The van der Waals surface area contributed by atoms with Crippen LogP contribution in [0.15, 0.2) is 70.3 Å². The van der Waals surface area contributed by atoms with E-state index in [4.69, 9.17) is 0 Å². The van der Waals surface area contributed by atoms with Crippen LogP contribution in [0.5, 0.6) is 5.75 Å². The Kier molecular flexibility index (Phi) is 6.42. The van der Waals surface area contributed by atoms with Gasteiger partial charge in [0.15, 0.2) is 5.69 Å². The molecule has 2 N–H and O–H groups in total.